The molecule has 0 N–H and O–H groups in total. The number of nitriles is 2. The van der Waals surface area contributed by atoms with E-state index < -0.39 is 143 Å². The van der Waals surface area contributed by atoms with Crippen LogP contribution in [0.2, 0.25) is 0 Å². The summed E-state index contributed by atoms with van der Waals surface area (Å²) in [6.07, 6.45) is -19.8. The van der Waals surface area contributed by atoms with Crippen LogP contribution in [0.25, 0.3) is 20.8 Å². The molecule has 0 bridgehead atoms. The third kappa shape index (κ3) is 5.75. The SMILES string of the molecule is [C-]#[N+]C([N+]#[C-])=C1Cc2c(C(F)(F)F)c3c(c(C(F)(F)F)c2=C1c1cc(F)c(C)c(F)c1)CC(=C(C#N)C#N)C=3c1cc(F)c(C(F)(F)F)c(F)c1. The Hall–Kier alpha value is -6.07. The molecule has 51 heavy (non-hydrogen) atoms. The topological polar surface area (TPSA) is 56.3 Å². The number of fused-ring (bicyclic) bond motifs is 2. The summed E-state index contributed by atoms with van der Waals surface area (Å²) < 4.78 is 191. The second-order valence-electron chi connectivity index (χ2n) is 11.0. The van der Waals surface area contributed by atoms with Crippen LogP contribution in [0.15, 0.2) is 46.8 Å². The van der Waals surface area contributed by atoms with Gasteiger partial charge in [-0.15, -0.1) is 0 Å². The van der Waals surface area contributed by atoms with Crippen LogP contribution in [0.3, 0.4) is 0 Å². The lowest BCUT2D eigenvalue weighted by atomic mass is 9.90. The largest absolute Gasteiger partial charge is 0.523 e. The normalized spacial score (nSPS) is 14.1. The van der Waals surface area contributed by atoms with Gasteiger partial charge in [-0.05, 0) is 87.0 Å². The van der Waals surface area contributed by atoms with E-state index in [9.17, 15) is 41.3 Å². The second-order valence-corrected chi connectivity index (χ2v) is 11.0. The number of allylic oxidation sites excluding steroid dienone is 3. The summed E-state index contributed by atoms with van der Waals surface area (Å²) in [5.41, 5.74) is -16.8. The van der Waals surface area contributed by atoms with Gasteiger partial charge < -0.3 is 0 Å². The minimum atomic E-state index is -5.73. The number of rotatable bonds is 2. The van der Waals surface area contributed by atoms with Crippen molar-refractivity contribution in [2.75, 3.05) is 0 Å². The fraction of sp³-hybridized carbons (Fsp3) is 0.176. The van der Waals surface area contributed by atoms with Crippen LogP contribution in [0.4, 0.5) is 57.1 Å². The molecule has 0 unspecified atom stereocenters. The van der Waals surface area contributed by atoms with Crippen molar-refractivity contribution in [3.8, 4) is 12.1 Å². The van der Waals surface area contributed by atoms with E-state index in [4.69, 9.17) is 13.1 Å². The first-order valence-electron chi connectivity index (χ1n) is 13.8. The first kappa shape index (κ1) is 36.2. The number of alkyl halides is 9. The van der Waals surface area contributed by atoms with E-state index in [1.165, 1.54) is 12.1 Å². The molecule has 0 spiro atoms. The molecule has 5 rings (SSSR count). The van der Waals surface area contributed by atoms with Crippen LogP contribution >= 0.6 is 0 Å². The predicted molar refractivity (Wildman–Crippen MR) is 149 cm³/mol. The highest BCUT2D eigenvalue weighted by Gasteiger charge is 2.49. The number of benzene rings is 3. The summed E-state index contributed by atoms with van der Waals surface area (Å²) in [5.74, 6) is -8.56. The van der Waals surface area contributed by atoms with Crippen LogP contribution in [-0.4, -0.2) is 0 Å². The molecule has 0 radical (unpaired) electrons. The van der Waals surface area contributed by atoms with E-state index in [-0.39, 0.29) is 12.1 Å². The van der Waals surface area contributed by atoms with E-state index >= 15 is 26.3 Å². The Morgan fingerprint density at radius 2 is 0.961 bits per heavy atom. The summed E-state index contributed by atoms with van der Waals surface area (Å²) in [5, 5.41) is 16.4. The van der Waals surface area contributed by atoms with Crippen molar-refractivity contribution in [1.29, 1.82) is 10.5 Å². The lowest BCUT2D eigenvalue weighted by Crippen LogP contribution is -2.36. The quantitative estimate of drug-likeness (QED) is 0.151. The molecule has 0 amide bonds. The summed E-state index contributed by atoms with van der Waals surface area (Å²) >= 11 is 0. The lowest BCUT2D eigenvalue weighted by Gasteiger charge is -2.20. The molecule has 0 heterocycles. The summed E-state index contributed by atoms with van der Waals surface area (Å²) in [6, 6.07) is 3.26. The van der Waals surface area contributed by atoms with Crippen molar-refractivity contribution in [3.63, 3.8) is 0 Å². The van der Waals surface area contributed by atoms with E-state index in [1.54, 1.807) is 0 Å². The van der Waals surface area contributed by atoms with Gasteiger partial charge in [0.15, 0.2) is 0 Å². The zero-order valence-corrected chi connectivity index (χ0v) is 24.9. The summed E-state index contributed by atoms with van der Waals surface area (Å²) in [7, 11) is 0. The molecule has 4 nitrogen and oxygen atoms in total. The van der Waals surface area contributed by atoms with Crippen molar-refractivity contribution in [2.45, 2.75) is 38.3 Å². The van der Waals surface area contributed by atoms with E-state index in [0.29, 0.717) is 12.1 Å². The zero-order valence-electron chi connectivity index (χ0n) is 24.9. The molecule has 0 saturated carbocycles. The molecule has 2 aliphatic rings. The predicted octanol–water partition coefficient (Wildman–Crippen LogP) is 8.51. The monoisotopic (exact) mass is 722 g/mol. The maximum Gasteiger partial charge on any atom is 0.523 e. The van der Waals surface area contributed by atoms with Crippen molar-refractivity contribution in [1.82, 2.24) is 0 Å². The molecule has 0 aromatic heterocycles. The fourth-order valence-electron chi connectivity index (χ4n) is 6.36. The van der Waals surface area contributed by atoms with Gasteiger partial charge in [-0.2, -0.15) is 59.7 Å². The maximum atomic E-state index is 15.3. The van der Waals surface area contributed by atoms with Gasteiger partial charge in [-0.25, -0.2) is 17.6 Å². The van der Waals surface area contributed by atoms with Gasteiger partial charge in [0.05, 0.1) is 16.7 Å². The minimum Gasteiger partial charge on any atom is -0.207 e. The standard InChI is InChI=1S/C34H11F13N4/c1-12-20(35)4-13(5-21(12)36)25-19(31(50-2)51-3)9-18-27(25)28(32(39,40)41)17-8-16(15(10-48)11-49)24(26(17)29(18)33(42,43)44)14-6-22(37)30(23(38)7-14)34(45,46)47/h4-7H,8-9H2,1H3. The number of hydrogen-bond acceptors (Lipinski definition) is 2. The molecule has 2 aliphatic carbocycles. The Labute approximate surface area is 277 Å². The third-order valence-corrected chi connectivity index (χ3v) is 8.28. The molecule has 17 heteroatoms. The van der Waals surface area contributed by atoms with Gasteiger partial charge in [0.25, 0.3) is 0 Å². The molecule has 0 atom stereocenters. The molecular formula is C34H11F13N4. The minimum absolute atomic E-state index is 0.111. The van der Waals surface area contributed by atoms with Gasteiger partial charge in [-0.1, -0.05) is 0 Å². The van der Waals surface area contributed by atoms with E-state index in [2.05, 4.69) is 9.69 Å². The van der Waals surface area contributed by atoms with Gasteiger partial charge in [0.2, 0.25) is 0 Å². The molecule has 0 saturated heterocycles. The van der Waals surface area contributed by atoms with Crippen molar-refractivity contribution >= 4 is 11.1 Å². The average molecular weight is 722 g/mol. The fourth-order valence-corrected chi connectivity index (χ4v) is 6.36. The van der Waals surface area contributed by atoms with E-state index in [1.807, 2.05) is 0 Å². The summed E-state index contributed by atoms with van der Waals surface area (Å²) in [6.45, 7) is 15.7. The Kier molecular flexibility index (Phi) is 8.57. The zero-order chi connectivity index (χ0) is 38.1. The highest BCUT2D eigenvalue weighted by atomic mass is 19.4. The van der Waals surface area contributed by atoms with Crippen LogP contribution in [0, 0.1) is 66.0 Å². The molecule has 0 fully saturated rings. The average Bonchev–Trinajstić information content (AvgIpc) is 3.56. The first-order chi connectivity index (χ1) is 23.6. The molecule has 3 aromatic carbocycles. The van der Waals surface area contributed by atoms with Crippen molar-refractivity contribution < 1.29 is 57.1 Å². The van der Waals surface area contributed by atoms with Gasteiger partial charge >= 0.3 is 24.3 Å². The molecule has 0 aliphatic heterocycles. The third-order valence-electron chi connectivity index (χ3n) is 8.28. The van der Waals surface area contributed by atoms with Gasteiger partial charge in [0.1, 0.15) is 59.7 Å². The molecule has 3 aromatic rings. The van der Waals surface area contributed by atoms with Crippen LogP contribution < -0.4 is 10.4 Å². The van der Waals surface area contributed by atoms with Gasteiger partial charge in [0, 0.05) is 12.0 Å². The van der Waals surface area contributed by atoms with Crippen molar-refractivity contribution in [3.05, 3.63) is 148 Å². The Morgan fingerprint density at radius 1 is 0.608 bits per heavy atom. The lowest BCUT2D eigenvalue weighted by molar-refractivity contribution is -0.143. The number of halogens is 13. The number of nitrogens with zero attached hydrogens (tertiary/aromatic N) is 4. The highest BCUT2D eigenvalue weighted by Crippen LogP contribution is 2.46. The molecule has 258 valence electrons. The Balaban J connectivity index is 2.21. The highest BCUT2D eigenvalue weighted by molar-refractivity contribution is 5.90. The maximum absolute atomic E-state index is 15.3. The Morgan fingerprint density at radius 3 is 1.31 bits per heavy atom. The van der Waals surface area contributed by atoms with Gasteiger partial charge in [-0.3, -0.25) is 0 Å². The van der Waals surface area contributed by atoms with Crippen LogP contribution in [0.5, 0.6) is 0 Å². The summed E-state index contributed by atoms with van der Waals surface area (Å²) in [4.78, 5) is 5.77. The van der Waals surface area contributed by atoms with Crippen LogP contribution in [-0.2, 0) is 31.4 Å². The smallest absolute Gasteiger partial charge is 0.207 e. The first-order valence-corrected chi connectivity index (χ1v) is 13.8. The molecular weight excluding hydrogens is 711 g/mol. The Bertz CT molecular complexity index is 2390. The van der Waals surface area contributed by atoms with Crippen LogP contribution in [0.1, 0.15) is 44.5 Å². The number of hydrogen-bond donors (Lipinski definition) is 0. The second kappa shape index (κ2) is 12.1. The van der Waals surface area contributed by atoms with E-state index in [0.717, 1.165) is 6.92 Å². The van der Waals surface area contributed by atoms with Crippen molar-refractivity contribution in [2.24, 2.45) is 0 Å².